The van der Waals surface area contributed by atoms with Crippen LogP contribution in [0.25, 0.3) is 0 Å². The molecule has 0 saturated carbocycles. The van der Waals surface area contributed by atoms with Crippen molar-refractivity contribution in [1.82, 2.24) is 0 Å². The highest BCUT2D eigenvalue weighted by Crippen LogP contribution is 2.25. The number of carbonyl (C=O) groups is 1. The van der Waals surface area contributed by atoms with Crippen molar-refractivity contribution in [3.8, 4) is 0 Å². The molecule has 1 aliphatic rings. The van der Waals surface area contributed by atoms with Gasteiger partial charge in [0, 0.05) is 12.1 Å². The van der Waals surface area contributed by atoms with Gasteiger partial charge in [0.1, 0.15) is 0 Å². The number of hydrogen-bond acceptors (Lipinski definition) is 2. The number of hydrogen-bond donors (Lipinski definition) is 2. The maximum absolute atomic E-state index is 11.9. The summed E-state index contributed by atoms with van der Waals surface area (Å²) in [5.41, 5.74) is 9.36. The van der Waals surface area contributed by atoms with E-state index in [9.17, 15) is 4.79 Å². The number of anilines is 1. The maximum atomic E-state index is 11.9. The smallest absolute Gasteiger partial charge is 0.224 e. The molecular formula is C15H22N2O. The van der Waals surface area contributed by atoms with Crippen LogP contribution in [0.3, 0.4) is 0 Å². The van der Waals surface area contributed by atoms with Gasteiger partial charge in [0.15, 0.2) is 0 Å². The molecule has 0 bridgehead atoms. The molecule has 18 heavy (non-hydrogen) atoms. The zero-order valence-electron chi connectivity index (χ0n) is 11.0. The lowest BCUT2D eigenvalue weighted by atomic mass is 10.0. The summed E-state index contributed by atoms with van der Waals surface area (Å²) in [5.74, 6) is 0.365. The van der Waals surface area contributed by atoms with Crippen molar-refractivity contribution in [3.05, 3.63) is 29.3 Å². The van der Waals surface area contributed by atoms with E-state index in [0.717, 1.165) is 18.5 Å². The van der Waals surface area contributed by atoms with Gasteiger partial charge >= 0.3 is 0 Å². The number of nitrogens with two attached hydrogens (primary N) is 1. The van der Waals surface area contributed by atoms with Crippen LogP contribution in [0.15, 0.2) is 18.2 Å². The molecule has 1 aliphatic carbocycles. The number of fused-ring (bicyclic) bond motifs is 1. The van der Waals surface area contributed by atoms with Gasteiger partial charge in [0.25, 0.3) is 0 Å². The van der Waals surface area contributed by atoms with Crippen LogP contribution in [0.5, 0.6) is 0 Å². The average Bonchev–Trinajstić information content (AvgIpc) is 2.83. The molecule has 3 N–H and O–H groups in total. The minimum atomic E-state index is 0.0743. The standard InChI is InChI=1S/C15H22N2O/c1-2-11(10-16)8-15(18)17-14-7-6-12-4-3-5-13(12)9-14/h6-7,9,11H,2-5,8,10,16H2,1H3,(H,17,18). The van der Waals surface area contributed by atoms with Crippen molar-refractivity contribution in [2.45, 2.75) is 39.0 Å². The zero-order chi connectivity index (χ0) is 13.0. The van der Waals surface area contributed by atoms with E-state index in [4.69, 9.17) is 5.73 Å². The Hall–Kier alpha value is -1.35. The number of amides is 1. The maximum Gasteiger partial charge on any atom is 0.224 e. The van der Waals surface area contributed by atoms with Crippen LogP contribution in [0.1, 0.15) is 37.3 Å². The average molecular weight is 246 g/mol. The monoisotopic (exact) mass is 246 g/mol. The van der Waals surface area contributed by atoms with Gasteiger partial charge < -0.3 is 11.1 Å². The van der Waals surface area contributed by atoms with Gasteiger partial charge in [-0.15, -0.1) is 0 Å². The van der Waals surface area contributed by atoms with Crippen LogP contribution < -0.4 is 11.1 Å². The molecule has 98 valence electrons. The van der Waals surface area contributed by atoms with E-state index in [1.165, 1.54) is 24.0 Å². The summed E-state index contributed by atoms with van der Waals surface area (Å²) in [6, 6.07) is 6.26. The summed E-state index contributed by atoms with van der Waals surface area (Å²) in [7, 11) is 0. The van der Waals surface area contributed by atoms with E-state index < -0.39 is 0 Å². The molecular weight excluding hydrogens is 224 g/mol. The molecule has 3 heteroatoms. The van der Waals surface area contributed by atoms with Crippen LogP contribution >= 0.6 is 0 Å². The van der Waals surface area contributed by atoms with Gasteiger partial charge in [0.2, 0.25) is 5.91 Å². The number of nitrogens with one attached hydrogen (secondary N) is 1. The topological polar surface area (TPSA) is 55.1 Å². The second kappa shape index (κ2) is 6.01. The Labute approximate surface area is 109 Å². The molecule has 1 atom stereocenters. The molecule has 2 rings (SSSR count). The van der Waals surface area contributed by atoms with Gasteiger partial charge in [-0.05, 0) is 55.0 Å². The Balaban J connectivity index is 1.95. The van der Waals surface area contributed by atoms with Crippen LogP contribution in [0, 0.1) is 5.92 Å². The van der Waals surface area contributed by atoms with Crippen LogP contribution in [0.4, 0.5) is 5.69 Å². The molecule has 0 saturated heterocycles. The van der Waals surface area contributed by atoms with Gasteiger partial charge in [-0.2, -0.15) is 0 Å². The first-order valence-electron chi connectivity index (χ1n) is 6.84. The normalized spacial score (nSPS) is 15.2. The van der Waals surface area contributed by atoms with E-state index in [1.54, 1.807) is 0 Å². The fourth-order valence-electron chi connectivity index (χ4n) is 2.52. The third-order valence-electron chi connectivity index (χ3n) is 3.77. The fraction of sp³-hybridized carbons (Fsp3) is 0.533. The lowest BCUT2D eigenvalue weighted by Gasteiger charge is -2.12. The molecule has 0 spiro atoms. The third-order valence-corrected chi connectivity index (χ3v) is 3.77. The van der Waals surface area contributed by atoms with Crippen molar-refractivity contribution in [2.75, 3.05) is 11.9 Å². The molecule has 1 aromatic rings. The molecule has 0 heterocycles. The summed E-state index contributed by atoms with van der Waals surface area (Å²) in [4.78, 5) is 11.9. The van der Waals surface area contributed by atoms with Crippen LogP contribution in [0.2, 0.25) is 0 Å². The summed E-state index contributed by atoms with van der Waals surface area (Å²) in [6.07, 6.45) is 5.02. The SMILES string of the molecule is CCC(CN)CC(=O)Nc1ccc2c(c1)CCC2. The van der Waals surface area contributed by atoms with E-state index in [-0.39, 0.29) is 5.91 Å². The molecule has 0 fully saturated rings. The van der Waals surface area contributed by atoms with Gasteiger partial charge in [0.05, 0.1) is 0 Å². The summed E-state index contributed by atoms with van der Waals surface area (Å²) in [6.45, 7) is 2.65. The molecule has 1 amide bonds. The van der Waals surface area contributed by atoms with E-state index in [2.05, 4.69) is 24.4 Å². The second-order valence-corrected chi connectivity index (χ2v) is 5.10. The van der Waals surface area contributed by atoms with Crippen molar-refractivity contribution in [2.24, 2.45) is 11.7 Å². The Kier molecular flexibility index (Phi) is 4.37. The lowest BCUT2D eigenvalue weighted by molar-refractivity contribution is -0.117. The Morgan fingerprint density at radius 3 is 2.89 bits per heavy atom. The highest BCUT2D eigenvalue weighted by Gasteiger charge is 2.13. The molecule has 0 aromatic heterocycles. The fourth-order valence-corrected chi connectivity index (χ4v) is 2.52. The Bertz CT molecular complexity index is 425. The molecule has 0 aliphatic heterocycles. The van der Waals surface area contributed by atoms with Crippen molar-refractivity contribution in [3.63, 3.8) is 0 Å². The number of aryl methyl sites for hydroxylation is 2. The van der Waals surface area contributed by atoms with Gasteiger partial charge in [-0.25, -0.2) is 0 Å². The number of rotatable bonds is 5. The number of benzene rings is 1. The van der Waals surface area contributed by atoms with E-state index in [0.29, 0.717) is 18.9 Å². The Morgan fingerprint density at radius 2 is 2.17 bits per heavy atom. The molecule has 3 nitrogen and oxygen atoms in total. The van der Waals surface area contributed by atoms with Crippen molar-refractivity contribution >= 4 is 11.6 Å². The highest BCUT2D eigenvalue weighted by atomic mass is 16.1. The predicted octanol–water partition coefficient (Wildman–Crippen LogP) is 2.49. The predicted molar refractivity (Wildman–Crippen MR) is 74.5 cm³/mol. The summed E-state index contributed by atoms with van der Waals surface area (Å²) in [5, 5.41) is 2.98. The molecule has 1 unspecified atom stereocenters. The van der Waals surface area contributed by atoms with Crippen LogP contribution in [-0.2, 0) is 17.6 Å². The lowest BCUT2D eigenvalue weighted by Crippen LogP contribution is -2.21. The zero-order valence-corrected chi connectivity index (χ0v) is 11.0. The van der Waals surface area contributed by atoms with Gasteiger partial charge in [-0.3, -0.25) is 4.79 Å². The summed E-state index contributed by atoms with van der Waals surface area (Å²) >= 11 is 0. The highest BCUT2D eigenvalue weighted by molar-refractivity contribution is 5.91. The number of carbonyl (C=O) groups excluding carboxylic acids is 1. The second-order valence-electron chi connectivity index (χ2n) is 5.10. The molecule has 1 aromatic carbocycles. The summed E-state index contributed by atoms with van der Waals surface area (Å²) < 4.78 is 0. The van der Waals surface area contributed by atoms with E-state index in [1.807, 2.05) is 6.07 Å². The first-order chi connectivity index (χ1) is 8.72. The third kappa shape index (κ3) is 3.10. The van der Waals surface area contributed by atoms with Gasteiger partial charge in [-0.1, -0.05) is 19.4 Å². The Morgan fingerprint density at radius 1 is 1.39 bits per heavy atom. The first kappa shape index (κ1) is 13.1. The largest absolute Gasteiger partial charge is 0.330 e. The minimum Gasteiger partial charge on any atom is -0.330 e. The van der Waals surface area contributed by atoms with Crippen molar-refractivity contribution < 1.29 is 4.79 Å². The first-order valence-corrected chi connectivity index (χ1v) is 6.84. The quantitative estimate of drug-likeness (QED) is 0.838. The van der Waals surface area contributed by atoms with E-state index >= 15 is 0 Å². The van der Waals surface area contributed by atoms with Crippen molar-refractivity contribution in [1.29, 1.82) is 0 Å². The van der Waals surface area contributed by atoms with Crippen LogP contribution in [-0.4, -0.2) is 12.5 Å². The molecule has 0 radical (unpaired) electrons. The minimum absolute atomic E-state index is 0.0743.